The Bertz CT molecular complexity index is 633. The van der Waals surface area contributed by atoms with E-state index in [2.05, 4.69) is 17.6 Å². The lowest BCUT2D eigenvalue weighted by molar-refractivity contribution is 0.255. The van der Waals surface area contributed by atoms with Gasteiger partial charge >= 0.3 is 6.03 Å². The van der Waals surface area contributed by atoms with Gasteiger partial charge in [0.05, 0.1) is 0 Å². The number of hydrogen-bond acceptors (Lipinski definition) is 1. The van der Waals surface area contributed by atoms with Gasteiger partial charge in [0, 0.05) is 11.9 Å². The number of urea groups is 1. The summed E-state index contributed by atoms with van der Waals surface area (Å²) in [7, 11) is 0. The Morgan fingerprint density at radius 1 is 1.10 bits per heavy atom. The van der Waals surface area contributed by atoms with Crippen molar-refractivity contribution in [3.05, 3.63) is 71.4 Å². The highest BCUT2D eigenvalue weighted by Gasteiger charge is 2.06. The van der Waals surface area contributed by atoms with Gasteiger partial charge in [-0.2, -0.15) is 0 Å². The summed E-state index contributed by atoms with van der Waals surface area (Å²) in [5.41, 5.74) is 4.14. The third-order valence-corrected chi connectivity index (χ3v) is 3.27. The van der Waals surface area contributed by atoms with Crippen LogP contribution in [0.3, 0.4) is 0 Å². The topological polar surface area (TPSA) is 41.1 Å². The van der Waals surface area contributed by atoms with E-state index >= 15 is 0 Å². The number of carbonyl (C=O) groups is 1. The Hall–Kier alpha value is -2.55. The molecule has 0 saturated carbocycles. The first kappa shape index (κ1) is 14.9. The maximum Gasteiger partial charge on any atom is 0.323 e. The fraction of sp³-hybridized carbons (Fsp3) is 0.167. The molecule has 0 unspecified atom stereocenters. The molecule has 0 spiro atoms. The minimum atomic E-state index is -0.230. The summed E-state index contributed by atoms with van der Waals surface area (Å²) in [5.74, 6) is 0. The number of nitrogens with one attached hydrogen (secondary N) is 2. The van der Waals surface area contributed by atoms with Crippen LogP contribution in [0.2, 0.25) is 0 Å². The quantitative estimate of drug-likeness (QED) is 0.859. The van der Waals surface area contributed by atoms with Gasteiger partial charge in [0.15, 0.2) is 0 Å². The van der Waals surface area contributed by atoms with Crippen molar-refractivity contribution in [2.45, 2.75) is 20.3 Å². The van der Waals surface area contributed by atoms with Crippen LogP contribution in [0, 0.1) is 6.92 Å². The van der Waals surface area contributed by atoms with Crippen molar-refractivity contribution in [2.75, 3.05) is 5.32 Å². The first-order valence-corrected chi connectivity index (χ1v) is 7.08. The fourth-order valence-corrected chi connectivity index (χ4v) is 2.13. The summed E-state index contributed by atoms with van der Waals surface area (Å²) in [5, 5.41) is 5.64. The van der Waals surface area contributed by atoms with Gasteiger partial charge in [0.2, 0.25) is 0 Å². The zero-order chi connectivity index (χ0) is 15.1. The Labute approximate surface area is 125 Å². The van der Waals surface area contributed by atoms with Crippen molar-refractivity contribution in [3.8, 4) is 0 Å². The molecule has 0 radical (unpaired) electrons. The van der Waals surface area contributed by atoms with Crippen molar-refractivity contribution in [1.82, 2.24) is 5.32 Å². The molecule has 108 valence electrons. The monoisotopic (exact) mass is 280 g/mol. The van der Waals surface area contributed by atoms with Crippen molar-refractivity contribution in [1.29, 1.82) is 0 Å². The molecule has 0 bridgehead atoms. The van der Waals surface area contributed by atoms with Crippen LogP contribution in [0.5, 0.6) is 0 Å². The van der Waals surface area contributed by atoms with E-state index in [-0.39, 0.29) is 6.03 Å². The Kier molecular flexibility index (Phi) is 5.16. The van der Waals surface area contributed by atoms with E-state index in [1.165, 1.54) is 0 Å². The molecule has 2 amide bonds. The molecule has 0 aliphatic heterocycles. The highest BCUT2D eigenvalue weighted by molar-refractivity contribution is 5.92. The number of carbonyl (C=O) groups excluding carboxylic acids is 1. The van der Waals surface area contributed by atoms with E-state index in [0.29, 0.717) is 0 Å². The Morgan fingerprint density at radius 2 is 1.86 bits per heavy atom. The minimum absolute atomic E-state index is 0.230. The highest BCUT2D eigenvalue weighted by Crippen LogP contribution is 2.20. The largest absolute Gasteiger partial charge is 0.323 e. The molecule has 2 aromatic rings. The maximum absolute atomic E-state index is 11.9. The molecule has 0 aliphatic carbocycles. The molecule has 0 aromatic heterocycles. The van der Waals surface area contributed by atoms with Gasteiger partial charge in [0.1, 0.15) is 0 Å². The van der Waals surface area contributed by atoms with Gasteiger partial charge in [-0.15, -0.1) is 0 Å². The van der Waals surface area contributed by atoms with Gasteiger partial charge in [-0.05, 0) is 36.1 Å². The smallest absolute Gasteiger partial charge is 0.314 e. The van der Waals surface area contributed by atoms with E-state index in [0.717, 1.165) is 28.8 Å². The second-order valence-electron chi connectivity index (χ2n) is 4.81. The standard InChI is InChI=1S/C18H20N2O/c1-3-16-11-7-8-14(2)17(16)20-18(21)19-13-12-15-9-5-4-6-10-15/h4-13H,3H2,1-2H3,(H2,19,20,21)/b13-12+. The predicted molar refractivity (Wildman–Crippen MR) is 88.2 cm³/mol. The predicted octanol–water partition coefficient (Wildman–Crippen LogP) is 4.35. The summed E-state index contributed by atoms with van der Waals surface area (Å²) in [6.45, 7) is 4.07. The van der Waals surface area contributed by atoms with Gasteiger partial charge in [0.25, 0.3) is 0 Å². The molecular weight excluding hydrogens is 260 g/mol. The summed E-state index contributed by atoms with van der Waals surface area (Å²) in [6, 6.07) is 15.6. The van der Waals surface area contributed by atoms with Crippen molar-refractivity contribution >= 4 is 17.8 Å². The van der Waals surface area contributed by atoms with Gasteiger partial charge in [-0.25, -0.2) is 4.79 Å². The first-order chi connectivity index (χ1) is 10.2. The SMILES string of the molecule is CCc1cccc(C)c1NC(=O)N/C=C/c1ccccc1. The molecule has 0 saturated heterocycles. The number of amides is 2. The van der Waals surface area contributed by atoms with Crippen molar-refractivity contribution < 1.29 is 4.79 Å². The number of hydrogen-bond donors (Lipinski definition) is 2. The minimum Gasteiger partial charge on any atom is -0.314 e. The summed E-state index contributed by atoms with van der Waals surface area (Å²) >= 11 is 0. The second-order valence-corrected chi connectivity index (χ2v) is 4.81. The number of aryl methyl sites for hydroxylation is 2. The molecule has 3 nitrogen and oxygen atoms in total. The lowest BCUT2D eigenvalue weighted by atomic mass is 10.1. The number of rotatable bonds is 4. The zero-order valence-electron chi connectivity index (χ0n) is 12.4. The van der Waals surface area contributed by atoms with Crippen LogP contribution in [0.15, 0.2) is 54.7 Å². The normalized spacial score (nSPS) is 10.6. The Balaban J connectivity index is 1.98. The Morgan fingerprint density at radius 3 is 2.57 bits per heavy atom. The molecule has 0 fully saturated rings. The number of para-hydroxylation sites is 1. The molecular formula is C18H20N2O. The van der Waals surface area contributed by atoms with Crippen LogP contribution in [-0.2, 0) is 6.42 Å². The average molecular weight is 280 g/mol. The van der Waals surface area contributed by atoms with E-state index in [1.54, 1.807) is 6.20 Å². The van der Waals surface area contributed by atoms with Gasteiger partial charge in [-0.3, -0.25) is 0 Å². The zero-order valence-corrected chi connectivity index (χ0v) is 12.4. The van der Waals surface area contributed by atoms with Crippen molar-refractivity contribution in [3.63, 3.8) is 0 Å². The second kappa shape index (κ2) is 7.29. The van der Waals surface area contributed by atoms with E-state index in [1.807, 2.05) is 61.5 Å². The van der Waals surface area contributed by atoms with Crippen LogP contribution in [0.1, 0.15) is 23.6 Å². The number of anilines is 1. The third kappa shape index (κ3) is 4.21. The summed E-state index contributed by atoms with van der Waals surface area (Å²) in [6.07, 6.45) is 4.39. The third-order valence-electron chi connectivity index (χ3n) is 3.27. The van der Waals surface area contributed by atoms with E-state index < -0.39 is 0 Å². The highest BCUT2D eigenvalue weighted by atomic mass is 16.2. The lowest BCUT2D eigenvalue weighted by Gasteiger charge is -2.12. The first-order valence-electron chi connectivity index (χ1n) is 7.08. The van der Waals surface area contributed by atoms with Crippen LogP contribution in [0.4, 0.5) is 10.5 Å². The molecule has 2 N–H and O–H groups in total. The fourth-order valence-electron chi connectivity index (χ4n) is 2.13. The summed E-state index contributed by atoms with van der Waals surface area (Å²) in [4.78, 5) is 11.9. The van der Waals surface area contributed by atoms with Gasteiger partial charge in [-0.1, -0.05) is 55.5 Å². The maximum atomic E-state index is 11.9. The van der Waals surface area contributed by atoms with Crippen LogP contribution in [0.25, 0.3) is 6.08 Å². The van der Waals surface area contributed by atoms with Crippen LogP contribution in [-0.4, -0.2) is 6.03 Å². The molecule has 3 heteroatoms. The van der Waals surface area contributed by atoms with E-state index in [9.17, 15) is 4.79 Å². The van der Waals surface area contributed by atoms with Crippen LogP contribution < -0.4 is 10.6 Å². The molecule has 2 rings (SSSR count). The van der Waals surface area contributed by atoms with Crippen LogP contribution >= 0.6 is 0 Å². The van der Waals surface area contributed by atoms with Gasteiger partial charge < -0.3 is 10.6 Å². The van der Waals surface area contributed by atoms with E-state index in [4.69, 9.17) is 0 Å². The van der Waals surface area contributed by atoms with Crippen molar-refractivity contribution in [2.24, 2.45) is 0 Å². The lowest BCUT2D eigenvalue weighted by Crippen LogP contribution is -2.24. The molecule has 2 aromatic carbocycles. The average Bonchev–Trinajstić information content (AvgIpc) is 2.50. The summed E-state index contributed by atoms with van der Waals surface area (Å²) < 4.78 is 0. The molecule has 21 heavy (non-hydrogen) atoms. The number of benzene rings is 2. The molecule has 0 aliphatic rings. The molecule has 0 atom stereocenters. The molecule has 0 heterocycles.